The summed E-state index contributed by atoms with van der Waals surface area (Å²) in [6.07, 6.45) is 0.457. The standard InChI is InChI=1S/C6H13NO3S/c1-2-10-7-5(3-4-11)6(8)9/h5,7,11H,2-4H2,1H3,(H,8,9). The van der Waals surface area contributed by atoms with E-state index in [4.69, 9.17) is 9.94 Å². The Balaban J connectivity index is 3.60. The van der Waals surface area contributed by atoms with Crippen molar-refractivity contribution in [3.63, 3.8) is 0 Å². The van der Waals surface area contributed by atoms with Crippen molar-refractivity contribution in [1.82, 2.24) is 5.48 Å². The van der Waals surface area contributed by atoms with Gasteiger partial charge in [0.05, 0.1) is 6.61 Å². The quantitative estimate of drug-likeness (QED) is 0.405. The first-order valence-electron chi connectivity index (χ1n) is 3.43. The van der Waals surface area contributed by atoms with Crippen molar-refractivity contribution in [3.8, 4) is 0 Å². The van der Waals surface area contributed by atoms with Crippen LogP contribution in [0.4, 0.5) is 0 Å². The Morgan fingerprint density at radius 3 is 2.82 bits per heavy atom. The molecule has 0 saturated heterocycles. The molecular weight excluding hydrogens is 166 g/mol. The number of rotatable bonds is 6. The van der Waals surface area contributed by atoms with Crippen LogP contribution in [0.1, 0.15) is 13.3 Å². The van der Waals surface area contributed by atoms with Crippen molar-refractivity contribution >= 4 is 18.6 Å². The number of nitrogens with one attached hydrogen (secondary N) is 1. The zero-order chi connectivity index (χ0) is 8.69. The van der Waals surface area contributed by atoms with E-state index >= 15 is 0 Å². The van der Waals surface area contributed by atoms with E-state index in [2.05, 4.69) is 18.1 Å². The van der Waals surface area contributed by atoms with E-state index in [9.17, 15) is 4.79 Å². The largest absolute Gasteiger partial charge is 0.480 e. The Morgan fingerprint density at radius 2 is 2.45 bits per heavy atom. The fourth-order valence-electron chi connectivity index (χ4n) is 0.546. The molecule has 5 heteroatoms. The topological polar surface area (TPSA) is 58.6 Å². The van der Waals surface area contributed by atoms with Crippen molar-refractivity contribution in [2.24, 2.45) is 0 Å². The number of hydroxylamine groups is 1. The fourth-order valence-corrected chi connectivity index (χ4v) is 0.804. The summed E-state index contributed by atoms with van der Waals surface area (Å²) >= 11 is 3.92. The molecule has 0 saturated carbocycles. The third-order valence-electron chi connectivity index (χ3n) is 1.09. The smallest absolute Gasteiger partial charge is 0.323 e. The van der Waals surface area contributed by atoms with Crippen LogP contribution < -0.4 is 5.48 Å². The van der Waals surface area contributed by atoms with Crippen molar-refractivity contribution in [1.29, 1.82) is 0 Å². The highest BCUT2D eigenvalue weighted by molar-refractivity contribution is 7.80. The Hall–Kier alpha value is -0.260. The molecule has 11 heavy (non-hydrogen) atoms. The molecule has 4 nitrogen and oxygen atoms in total. The van der Waals surface area contributed by atoms with Gasteiger partial charge >= 0.3 is 5.97 Å². The monoisotopic (exact) mass is 179 g/mol. The van der Waals surface area contributed by atoms with Crippen LogP contribution in [0.25, 0.3) is 0 Å². The van der Waals surface area contributed by atoms with Gasteiger partial charge in [0.25, 0.3) is 0 Å². The minimum Gasteiger partial charge on any atom is -0.480 e. The van der Waals surface area contributed by atoms with Gasteiger partial charge in [-0.05, 0) is 19.1 Å². The molecule has 1 atom stereocenters. The van der Waals surface area contributed by atoms with Crippen molar-refractivity contribution < 1.29 is 14.7 Å². The van der Waals surface area contributed by atoms with Gasteiger partial charge in [-0.25, -0.2) is 0 Å². The van der Waals surface area contributed by atoms with Gasteiger partial charge in [-0.3, -0.25) is 4.79 Å². The van der Waals surface area contributed by atoms with E-state index in [0.717, 1.165) is 0 Å². The van der Waals surface area contributed by atoms with Gasteiger partial charge in [-0.1, -0.05) is 0 Å². The summed E-state index contributed by atoms with van der Waals surface area (Å²) in [6.45, 7) is 2.24. The zero-order valence-corrected chi connectivity index (χ0v) is 7.30. The van der Waals surface area contributed by atoms with Crippen molar-refractivity contribution in [2.45, 2.75) is 19.4 Å². The van der Waals surface area contributed by atoms with Crippen LogP contribution in [-0.2, 0) is 9.63 Å². The van der Waals surface area contributed by atoms with Crippen LogP contribution in [0, 0.1) is 0 Å². The first kappa shape index (κ1) is 10.7. The minimum absolute atomic E-state index is 0.455. The number of carboxylic acid groups (broad SMARTS) is 1. The molecule has 0 aromatic rings. The van der Waals surface area contributed by atoms with Crippen LogP contribution in [-0.4, -0.2) is 29.5 Å². The second-order valence-electron chi connectivity index (χ2n) is 1.95. The molecule has 0 fully saturated rings. The Morgan fingerprint density at radius 1 is 1.82 bits per heavy atom. The lowest BCUT2D eigenvalue weighted by Crippen LogP contribution is -2.36. The van der Waals surface area contributed by atoms with Gasteiger partial charge in [0.2, 0.25) is 0 Å². The molecule has 0 aromatic heterocycles. The van der Waals surface area contributed by atoms with Crippen molar-refractivity contribution in [3.05, 3.63) is 0 Å². The lowest BCUT2D eigenvalue weighted by atomic mass is 10.2. The Labute approximate surface area is 71.3 Å². The molecule has 66 valence electrons. The maximum absolute atomic E-state index is 10.4. The number of aliphatic carboxylic acids is 1. The van der Waals surface area contributed by atoms with Crippen LogP contribution in [0.5, 0.6) is 0 Å². The van der Waals surface area contributed by atoms with E-state index in [1.807, 2.05) is 0 Å². The fraction of sp³-hybridized carbons (Fsp3) is 0.833. The second kappa shape index (κ2) is 6.45. The number of hydrogen-bond donors (Lipinski definition) is 3. The lowest BCUT2D eigenvalue weighted by molar-refractivity contribution is -0.144. The van der Waals surface area contributed by atoms with Gasteiger partial charge in [0.1, 0.15) is 6.04 Å². The van der Waals surface area contributed by atoms with Crippen molar-refractivity contribution in [2.75, 3.05) is 12.4 Å². The Bertz CT molecular complexity index is 120. The molecule has 0 aliphatic heterocycles. The van der Waals surface area contributed by atoms with Gasteiger partial charge in [0.15, 0.2) is 0 Å². The summed E-state index contributed by atoms with van der Waals surface area (Å²) in [6, 6.07) is -0.646. The first-order chi connectivity index (χ1) is 5.22. The van der Waals surface area contributed by atoms with E-state index in [0.29, 0.717) is 18.8 Å². The van der Waals surface area contributed by atoms with Gasteiger partial charge in [0, 0.05) is 0 Å². The molecule has 0 amide bonds. The van der Waals surface area contributed by atoms with E-state index in [-0.39, 0.29) is 0 Å². The average molecular weight is 179 g/mol. The summed E-state index contributed by atoms with van der Waals surface area (Å²) in [5, 5.41) is 8.55. The molecule has 0 spiro atoms. The van der Waals surface area contributed by atoms with E-state index < -0.39 is 12.0 Å². The SMILES string of the molecule is CCONC(CCS)C(=O)O. The van der Waals surface area contributed by atoms with Gasteiger partial charge < -0.3 is 9.94 Å². The first-order valence-corrected chi connectivity index (χ1v) is 4.06. The molecule has 0 heterocycles. The third-order valence-corrected chi connectivity index (χ3v) is 1.34. The molecule has 2 N–H and O–H groups in total. The molecular formula is C6H13NO3S. The predicted octanol–water partition coefficient (Wildman–Crippen LogP) is 0.301. The number of carbonyl (C=O) groups is 1. The molecule has 0 rings (SSSR count). The van der Waals surface area contributed by atoms with Gasteiger partial charge in [-0.15, -0.1) is 0 Å². The van der Waals surface area contributed by atoms with E-state index in [1.165, 1.54) is 0 Å². The van der Waals surface area contributed by atoms with Crippen LogP contribution in [0.2, 0.25) is 0 Å². The summed E-state index contributed by atoms with van der Waals surface area (Å²) in [4.78, 5) is 15.2. The van der Waals surface area contributed by atoms with Crippen LogP contribution in [0.15, 0.2) is 0 Å². The minimum atomic E-state index is -0.910. The molecule has 0 radical (unpaired) electrons. The highest BCUT2D eigenvalue weighted by Gasteiger charge is 2.15. The number of hydrogen-bond acceptors (Lipinski definition) is 4. The molecule has 0 aromatic carbocycles. The van der Waals surface area contributed by atoms with Gasteiger partial charge in [-0.2, -0.15) is 18.1 Å². The second-order valence-corrected chi connectivity index (χ2v) is 2.40. The lowest BCUT2D eigenvalue weighted by Gasteiger charge is -2.11. The maximum atomic E-state index is 10.4. The average Bonchev–Trinajstić information content (AvgIpc) is 1.97. The summed E-state index contributed by atoms with van der Waals surface area (Å²) in [5.74, 6) is -0.385. The summed E-state index contributed by atoms with van der Waals surface area (Å²) in [5.41, 5.74) is 2.42. The normalized spacial score (nSPS) is 12.9. The molecule has 0 bridgehead atoms. The number of carboxylic acids is 1. The summed E-state index contributed by atoms with van der Waals surface area (Å²) in [7, 11) is 0. The molecule has 0 aliphatic rings. The highest BCUT2D eigenvalue weighted by Crippen LogP contribution is 1.94. The molecule has 1 unspecified atom stereocenters. The Kier molecular flexibility index (Phi) is 6.30. The third kappa shape index (κ3) is 5.06. The summed E-state index contributed by atoms with van der Waals surface area (Å²) < 4.78 is 0. The maximum Gasteiger partial charge on any atom is 0.323 e. The van der Waals surface area contributed by atoms with Crippen LogP contribution >= 0.6 is 12.6 Å². The number of thiol groups is 1. The molecule has 0 aliphatic carbocycles. The highest BCUT2D eigenvalue weighted by atomic mass is 32.1. The zero-order valence-electron chi connectivity index (χ0n) is 6.41. The predicted molar refractivity (Wildman–Crippen MR) is 44.7 cm³/mol. The van der Waals surface area contributed by atoms with Crippen LogP contribution in [0.3, 0.4) is 0 Å². The van der Waals surface area contributed by atoms with E-state index in [1.54, 1.807) is 6.92 Å².